The molecule has 27 heavy (non-hydrogen) atoms. The fourth-order valence-corrected chi connectivity index (χ4v) is 3.97. The fourth-order valence-electron chi connectivity index (χ4n) is 3.53. The molecule has 1 aromatic carbocycles. The van der Waals surface area contributed by atoms with Crippen LogP contribution in [-0.2, 0) is 6.54 Å². The lowest BCUT2D eigenvalue weighted by Gasteiger charge is -2.34. The minimum Gasteiger partial charge on any atom is -0.336 e. The van der Waals surface area contributed by atoms with Gasteiger partial charge in [0.25, 0.3) is 5.91 Å². The Hall–Kier alpha value is -2.31. The summed E-state index contributed by atoms with van der Waals surface area (Å²) in [6, 6.07) is 12.2. The van der Waals surface area contributed by atoms with Crippen LogP contribution in [0, 0.1) is 6.92 Å². The molecule has 1 amide bonds. The second-order valence-electron chi connectivity index (χ2n) is 6.95. The standard InChI is InChI=1S/C21H24N4OS/c1-16-6-7-18(27-2)13-19(16)21(26)24-11-9-23(10-12-24)14-17-15-25-8-4-3-5-20(25)22-17/h3-8,13,15H,9-12,14H2,1-2H3. The molecule has 0 atom stereocenters. The average molecular weight is 381 g/mol. The molecule has 0 saturated carbocycles. The van der Waals surface area contributed by atoms with Crippen molar-refractivity contribution >= 4 is 23.3 Å². The van der Waals surface area contributed by atoms with Gasteiger partial charge in [-0.3, -0.25) is 9.69 Å². The molecular weight excluding hydrogens is 356 g/mol. The SMILES string of the molecule is CSc1ccc(C)c(C(=O)N2CCN(Cc3cn4ccccc4n3)CC2)c1. The molecule has 140 valence electrons. The Kier molecular flexibility index (Phi) is 5.18. The van der Waals surface area contributed by atoms with Gasteiger partial charge in [-0.25, -0.2) is 4.98 Å². The Morgan fingerprint density at radius 3 is 2.70 bits per heavy atom. The van der Waals surface area contributed by atoms with Gasteiger partial charge in [-0.15, -0.1) is 11.8 Å². The molecule has 0 N–H and O–H groups in total. The predicted octanol–water partition coefficient (Wildman–Crippen LogP) is 3.32. The largest absolute Gasteiger partial charge is 0.336 e. The number of hydrogen-bond acceptors (Lipinski definition) is 4. The Balaban J connectivity index is 1.39. The van der Waals surface area contributed by atoms with Crippen molar-refractivity contribution < 1.29 is 4.79 Å². The van der Waals surface area contributed by atoms with Gasteiger partial charge in [0, 0.05) is 55.6 Å². The van der Waals surface area contributed by atoms with Gasteiger partial charge in [0.2, 0.25) is 0 Å². The number of aromatic nitrogens is 2. The van der Waals surface area contributed by atoms with Crippen molar-refractivity contribution in [1.29, 1.82) is 0 Å². The van der Waals surface area contributed by atoms with Crippen molar-refractivity contribution in [3.8, 4) is 0 Å². The van der Waals surface area contributed by atoms with Crippen LogP contribution in [0.5, 0.6) is 0 Å². The van der Waals surface area contributed by atoms with Crippen LogP contribution < -0.4 is 0 Å². The monoisotopic (exact) mass is 380 g/mol. The van der Waals surface area contributed by atoms with Crippen molar-refractivity contribution in [3.05, 3.63) is 65.6 Å². The first-order chi connectivity index (χ1) is 13.1. The summed E-state index contributed by atoms with van der Waals surface area (Å²) in [6.07, 6.45) is 6.15. The van der Waals surface area contributed by atoms with E-state index in [-0.39, 0.29) is 5.91 Å². The lowest BCUT2D eigenvalue weighted by molar-refractivity contribution is 0.0626. The number of aryl methyl sites for hydroxylation is 1. The molecule has 3 heterocycles. The summed E-state index contributed by atoms with van der Waals surface area (Å²) in [4.78, 5) is 23.1. The highest BCUT2D eigenvalue weighted by Crippen LogP contribution is 2.21. The molecule has 0 bridgehead atoms. The van der Waals surface area contributed by atoms with Crippen LogP contribution in [0.15, 0.2) is 53.7 Å². The van der Waals surface area contributed by atoms with Gasteiger partial charge < -0.3 is 9.30 Å². The number of amides is 1. The number of hydrogen-bond donors (Lipinski definition) is 0. The molecule has 1 fully saturated rings. The van der Waals surface area contributed by atoms with Crippen molar-refractivity contribution in [1.82, 2.24) is 19.2 Å². The maximum atomic E-state index is 13.0. The van der Waals surface area contributed by atoms with Gasteiger partial charge in [-0.1, -0.05) is 12.1 Å². The topological polar surface area (TPSA) is 40.9 Å². The Morgan fingerprint density at radius 2 is 1.96 bits per heavy atom. The zero-order valence-corrected chi connectivity index (χ0v) is 16.6. The zero-order chi connectivity index (χ0) is 18.8. The highest BCUT2D eigenvalue weighted by molar-refractivity contribution is 7.98. The molecule has 2 aromatic heterocycles. The molecule has 0 unspecified atom stereocenters. The molecule has 1 aliphatic heterocycles. The maximum Gasteiger partial charge on any atom is 0.254 e. The van der Waals surface area contributed by atoms with E-state index < -0.39 is 0 Å². The van der Waals surface area contributed by atoms with Gasteiger partial charge in [0.1, 0.15) is 5.65 Å². The van der Waals surface area contributed by atoms with Crippen LogP contribution in [0.1, 0.15) is 21.6 Å². The third-order valence-electron chi connectivity index (χ3n) is 5.13. The minimum absolute atomic E-state index is 0.149. The number of benzene rings is 1. The first kappa shape index (κ1) is 18.1. The van der Waals surface area contributed by atoms with Crippen LogP contribution in [0.3, 0.4) is 0 Å². The molecule has 4 rings (SSSR count). The molecule has 1 aliphatic rings. The van der Waals surface area contributed by atoms with Crippen LogP contribution in [0.4, 0.5) is 0 Å². The third-order valence-corrected chi connectivity index (χ3v) is 5.86. The van der Waals surface area contributed by atoms with Gasteiger partial charge in [-0.05, 0) is 43.0 Å². The molecule has 5 nitrogen and oxygen atoms in total. The number of thioether (sulfide) groups is 1. The summed E-state index contributed by atoms with van der Waals surface area (Å²) < 4.78 is 2.05. The summed E-state index contributed by atoms with van der Waals surface area (Å²) in [6.45, 7) is 6.10. The first-order valence-electron chi connectivity index (χ1n) is 9.23. The van der Waals surface area contributed by atoms with Crippen molar-refractivity contribution in [2.75, 3.05) is 32.4 Å². The van der Waals surface area contributed by atoms with Crippen molar-refractivity contribution in [2.45, 2.75) is 18.4 Å². The molecule has 0 radical (unpaired) electrons. The third kappa shape index (κ3) is 3.87. The summed E-state index contributed by atoms with van der Waals surface area (Å²) >= 11 is 1.67. The van der Waals surface area contributed by atoms with Gasteiger partial charge in [0.15, 0.2) is 0 Å². The van der Waals surface area contributed by atoms with E-state index in [2.05, 4.69) is 26.5 Å². The zero-order valence-electron chi connectivity index (χ0n) is 15.8. The predicted molar refractivity (Wildman–Crippen MR) is 109 cm³/mol. The van der Waals surface area contributed by atoms with Crippen LogP contribution in [0.2, 0.25) is 0 Å². The van der Waals surface area contributed by atoms with E-state index in [4.69, 9.17) is 0 Å². The van der Waals surface area contributed by atoms with Crippen molar-refractivity contribution in [2.24, 2.45) is 0 Å². The van der Waals surface area contributed by atoms with E-state index in [0.29, 0.717) is 0 Å². The van der Waals surface area contributed by atoms with E-state index in [1.807, 2.05) is 54.6 Å². The minimum atomic E-state index is 0.149. The Labute approximate surface area is 164 Å². The first-order valence-corrected chi connectivity index (χ1v) is 10.5. The molecule has 0 spiro atoms. The van der Waals surface area contributed by atoms with Crippen LogP contribution >= 0.6 is 11.8 Å². The van der Waals surface area contributed by atoms with Crippen LogP contribution in [-0.4, -0.2) is 57.5 Å². The highest BCUT2D eigenvalue weighted by Gasteiger charge is 2.23. The van der Waals surface area contributed by atoms with E-state index in [1.54, 1.807) is 11.8 Å². The summed E-state index contributed by atoms with van der Waals surface area (Å²) in [5, 5.41) is 0. The Morgan fingerprint density at radius 1 is 1.15 bits per heavy atom. The maximum absolute atomic E-state index is 13.0. The molecule has 1 saturated heterocycles. The quantitative estimate of drug-likeness (QED) is 0.651. The smallest absolute Gasteiger partial charge is 0.254 e. The van der Waals surface area contributed by atoms with Gasteiger partial charge in [0.05, 0.1) is 5.69 Å². The number of carbonyl (C=O) groups excluding carboxylic acids is 1. The number of carbonyl (C=O) groups is 1. The fraction of sp³-hybridized carbons (Fsp3) is 0.333. The number of rotatable bonds is 4. The molecule has 3 aromatic rings. The van der Waals surface area contributed by atoms with E-state index in [1.165, 1.54) is 0 Å². The van der Waals surface area contributed by atoms with Crippen LogP contribution in [0.25, 0.3) is 5.65 Å². The van der Waals surface area contributed by atoms with Gasteiger partial charge in [-0.2, -0.15) is 0 Å². The molecule has 0 aliphatic carbocycles. The molecule has 6 heteroatoms. The Bertz CT molecular complexity index is 927. The van der Waals surface area contributed by atoms with E-state index >= 15 is 0 Å². The lowest BCUT2D eigenvalue weighted by atomic mass is 10.1. The highest BCUT2D eigenvalue weighted by atomic mass is 32.2. The number of imidazole rings is 1. The summed E-state index contributed by atoms with van der Waals surface area (Å²) in [7, 11) is 0. The number of piperazine rings is 1. The van der Waals surface area contributed by atoms with E-state index in [0.717, 1.165) is 60.1 Å². The normalized spacial score (nSPS) is 15.4. The number of fused-ring (bicyclic) bond motifs is 1. The summed E-state index contributed by atoms with van der Waals surface area (Å²) in [5.74, 6) is 0.149. The number of nitrogens with zero attached hydrogens (tertiary/aromatic N) is 4. The van der Waals surface area contributed by atoms with Crippen molar-refractivity contribution in [3.63, 3.8) is 0 Å². The average Bonchev–Trinajstić information content (AvgIpc) is 3.11. The summed E-state index contributed by atoms with van der Waals surface area (Å²) in [5.41, 5.74) is 3.93. The van der Waals surface area contributed by atoms with E-state index in [9.17, 15) is 4.79 Å². The second-order valence-corrected chi connectivity index (χ2v) is 7.83. The number of pyridine rings is 1. The van der Waals surface area contributed by atoms with Gasteiger partial charge >= 0.3 is 0 Å². The second kappa shape index (κ2) is 7.74. The lowest BCUT2D eigenvalue weighted by Crippen LogP contribution is -2.48. The molecular formula is C21H24N4OS.